The molecular formula is C11H23NO2. The average molecular weight is 201 g/mol. The van der Waals surface area contributed by atoms with E-state index in [4.69, 9.17) is 10.5 Å². The predicted octanol–water partition coefficient (Wildman–Crippen LogP) is 2.24. The zero-order valence-corrected chi connectivity index (χ0v) is 9.64. The fraction of sp³-hybridized carbons (Fsp3) is 0.909. The van der Waals surface area contributed by atoms with Crippen molar-refractivity contribution >= 4 is 5.97 Å². The van der Waals surface area contributed by atoms with Crippen LogP contribution in [-0.4, -0.2) is 18.1 Å². The first-order valence-corrected chi connectivity index (χ1v) is 5.50. The summed E-state index contributed by atoms with van der Waals surface area (Å²) < 4.78 is 4.90. The van der Waals surface area contributed by atoms with Crippen molar-refractivity contribution in [1.82, 2.24) is 0 Å². The van der Waals surface area contributed by atoms with E-state index >= 15 is 0 Å². The Balaban J connectivity index is 3.76. The first-order valence-electron chi connectivity index (χ1n) is 5.50. The van der Waals surface area contributed by atoms with Crippen LogP contribution in [0.1, 0.15) is 52.9 Å². The molecule has 0 heterocycles. The van der Waals surface area contributed by atoms with Crippen molar-refractivity contribution in [2.75, 3.05) is 6.61 Å². The van der Waals surface area contributed by atoms with Gasteiger partial charge in [-0.1, -0.05) is 32.6 Å². The molecule has 0 radical (unpaired) electrons. The topological polar surface area (TPSA) is 52.3 Å². The van der Waals surface area contributed by atoms with Crippen LogP contribution in [0.4, 0.5) is 0 Å². The van der Waals surface area contributed by atoms with Gasteiger partial charge in [0.15, 0.2) is 0 Å². The van der Waals surface area contributed by atoms with E-state index in [1.165, 1.54) is 12.8 Å². The number of ether oxygens (including phenoxy) is 1. The Kier molecular flexibility index (Phi) is 6.54. The Morgan fingerprint density at radius 3 is 2.43 bits per heavy atom. The second kappa shape index (κ2) is 6.82. The standard InChI is InChI=1S/C11H23NO2/c1-4-6-7-8-9-11(3,12)10(13)14-5-2/h4-9,12H2,1-3H3. The molecule has 2 N–H and O–H groups in total. The molecule has 0 aromatic heterocycles. The number of rotatable bonds is 7. The van der Waals surface area contributed by atoms with Gasteiger partial charge >= 0.3 is 5.97 Å². The minimum Gasteiger partial charge on any atom is -0.465 e. The number of unbranched alkanes of at least 4 members (excludes halogenated alkanes) is 3. The summed E-state index contributed by atoms with van der Waals surface area (Å²) in [6.07, 6.45) is 5.26. The molecule has 0 aromatic carbocycles. The highest BCUT2D eigenvalue weighted by molar-refractivity contribution is 5.79. The van der Waals surface area contributed by atoms with Crippen molar-refractivity contribution < 1.29 is 9.53 Å². The largest absolute Gasteiger partial charge is 0.465 e. The third kappa shape index (κ3) is 5.22. The lowest BCUT2D eigenvalue weighted by Gasteiger charge is -2.21. The van der Waals surface area contributed by atoms with Crippen LogP contribution in [0.2, 0.25) is 0 Å². The fourth-order valence-electron chi connectivity index (χ4n) is 1.32. The summed E-state index contributed by atoms with van der Waals surface area (Å²) in [5.74, 6) is -0.281. The van der Waals surface area contributed by atoms with E-state index in [0.717, 1.165) is 12.8 Å². The van der Waals surface area contributed by atoms with Gasteiger partial charge in [0, 0.05) is 0 Å². The van der Waals surface area contributed by atoms with Gasteiger partial charge in [-0.2, -0.15) is 0 Å². The Hall–Kier alpha value is -0.570. The van der Waals surface area contributed by atoms with Crippen molar-refractivity contribution in [3.8, 4) is 0 Å². The van der Waals surface area contributed by atoms with E-state index in [9.17, 15) is 4.79 Å². The Morgan fingerprint density at radius 1 is 1.29 bits per heavy atom. The molecule has 14 heavy (non-hydrogen) atoms. The normalized spacial score (nSPS) is 14.9. The molecular weight excluding hydrogens is 178 g/mol. The molecule has 1 atom stereocenters. The number of hydrogen-bond acceptors (Lipinski definition) is 3. The highest BCUT2D eigenvalue weighted by Gasteiger charge is 2.28. The summed E-state index contributed by atoms with van der Waals surface area (Å²) in [6.45, 7) is 6.11. The third-order valence-electron chi connectivity index (χ3n) is 2.29. The van der Waals surface area contributed by atoms with Crippen LogP contribution in [0.25, 0.3) is 0 Å². The van der Waals surface area contributed by atoms with E-state index in [0.29, 0.717) is 13.0 Å². The molecule has 0 bridgehead atoms. The number of carbonyl (C=O) groups is 1. The molecule has 0 aliphatic rings. The smallest absolute Gasteiger partial charge is 0.325 e. The molecule has 0 aliphatic heterocycles. The monoisotopic (exact) mass is 201 g/mol. The average Bonchev–Trinajstić information content (AvgIpc) is 2.13. The molecule has 0 rings (SSSR count). The molecule has 1 unspecified atom stereocenters. The number of nitrogens with two attached hydrogens (primary N) is 1. The maximum atomic E-state index is 11.4. The van der Waals surface area contributed by atoms with Crippen LogP contribution in [0.5, 0.6) is 0 Å². The van der Waals surface area contributed by atoms with Gasteiger partial charge in [-0.05, 0) is 20.3 Å². The van der Waals surface area contributed by atoms with Crippen molar-refractivity contribution in [3.63, 3.8) is 0 Å². The molecule has 0 saturated carbocycles. The number of carbonyl (C=O) groups excluding carboxylic acids is 1. The summed E-state index contributed by atoms with van der Waals surface area (Å²) >= 11 is 0. The minimum atomic E-state index is -0.802. The van der Waals surface area contributed by atoms with Gasteiger partial charge in [-0.3, -0.25) is 4.79 Å². The van der Waals surface area contributed by atoms with Gasteiger partial charge in [-0.15, -0.1) is 0 Å². The maximum Gasteiger partial charge on any atom is 0.325 e. The Labute approximate surface area is 87.0 Å². The van der Waals surface area contributed by atoms with Crippen molar-refractivity contribution in [1.29, 1.82) is 0 Å². The van der Waals surface area contributed by atoms with Gasteiger partial charge in [0.05, 0.1) is 6.61 Å². The summed E-state index contributed by atoms with van der Waals surface area (Å²) in [4.78, 5) is 11.4. The van der Waals surface area contributed by atoms with Crippen molar-refractivity contribution in [3.05, 3.63) is 0 Å². The summed E-state index contributed by atoms with van der Waals surface area (Å²) in [5.41, 5.74) is 5.05. The predicted molar refractivity (Wildman–Crippen MR) is 58.0 cm³/mol. The third-order valence-corrected chi connectivity index (χ3v) is 2.29. The van der Waals surface area contributed by atoms with E-state index in [-0.39, 0.29) is 5.97 Å². The van der Waals surface area contributed by atoms with Crippen LogP contribution < -0.4 is 5.73 Å². The highest BCUT2D eigenvalue weighted by atomic mass is 16.5. The summed E-state index contributed by atoms with van der Waals surface area (Å²) in [5, 5.41) is 0. The zero-order chi connectivity index (χ0) is 11.0. The lowest BCUT2D eigenvalue weighted by atomic mass is 9.95. The quantitative estimate of drug-likeness (QED) is 0.507. The zero-order valence-electron chi connectivity index (χ0n) is 9.64. The van der Waals surface area contributed by atoms with Gasteiger partial charge in [-0.25, -0.2) is 0 Å². The first kappa shape index (κ1) is 13.4. The van der Waals surface area contributed by atoms with Crippen LogP contribution in [0, 0.1) is 0 Å². The van der Waals surface area contributed by atoms with E-state index in [1.54, 1.807) is 13.8 Å². The highest BCUT2D eigenvalue weighted by Crippen LogP contribution is 2.14. The molecule has 0 fully saturated rings. The molecule has 0 aliphatic carbocycles. The van der Waals surface area contributed by atoms with Crippen LogP contribution >= 0.6 is 0 Å². The van der Waals surface area contributed by atoms with Crippen LogP contribution in [0.3, 0.4) is 0 Å². The maximum absolute atomic E-state index is 11.4. The van der Waals surface area contributed by atoms with Crippen molar-refractivity contribution in [2.45, 2.75) is 58.4 Å². The van der Waals surface area contributed by atoms with E-state index in [2.05, 4.69) is 6.92 Å². The lowest BCUT2D eigenvalue weighted by Crippen LogP contribution is -2.46. The second-order valence-electron chi connectivity index (χ2n) is 3.95. The first-order chi connectivity index (χ1) is 6.54. The van der Waals surface area contributed by atoms with Crippen LogP contribution in [-0.2, 0) is 9.53 Å². The molecule has 3 nitrogen and oxygen atoms in total. The summed E-state index contributed by atoms with van der Waals surface area (Å²) in [6, 6.07) is 0. The molecule has 0 spiro atoms. The second-order valence-corrected chi connectivity index (χ2v) is 3.95. The SMILES string of the molecule is CCCCCCC(C)(N)C(=O)OCC. The van der Waals surface area contributed by atoms with Gasteiger partial charge in [0.2, 0.25) is 0 Å². The Morgan fingerprint density at radius 2 is 1.93 bits per heavy atom. The van der Waals surface area contributed by atoms with Gasteiger partial charge in [0.1, 0.15) is 5.54 Å². The molecule has 3 heteroatoms. The molecule has 0 saturated heterocycles. The minimum absolute atomic E-state index is 0.281. The van der Waals surface area contributed by atoms with Gasteiger partial charge in [0.25, 0.3) is 0 Å². The molecule has 84 valence electrons. The number of esters is 1. The van der Waals surface area contributed by atoms with E-state index in [1.807, 2.05) is 0 Å². The molecule has 0 aromatic rings. The summed E-state index contributed by atoms with van der Waals surface area (Å²) in [7, 11) is 0. The lowest BCUT2D eigenvalue weighted by molar-refractivity contribution is -0.149. The van der Waals surface area contributed by atoms with Crippen LogP contribution in [0.15, 0.2) is 0 Å². The Bertz CT molecular complexity index is 167. The number of hydrogen-bond donors (Lipinski definition) is 1. The van der Waals surface area contributed by atoms with Gasteiger partial charge < -0.3 is 10.5 Å². The van der Waals surface area contributed by atoms with E-state index < -0.39 is 5.54 Å². The molecule has 0 amide bonds. The van der Waals surface area contributed by atoms with Crippen molar-refractivity contribution in [2.24, 2.45) is 5.73 Å². The fourth-order valence-corrected chi connectivity index (χ4v) is 1.32.